The van der Waals surface area contributed by atoms with E-state index in [0.717, 1.165) is 6.61 Å². The Labute approximate surface area is 115 Å². The fourth-order valence-electron chi connectivity index (χ4n) is 0.849. The van der Waals surface area contributed by atoms with Crippen LogP contribution in [-0.4, -0.2) is 12.4 Å². The second-order valence-electron chi connectivity index (χ2n) is 2.75. The minimum atomic E-state index is -2.01. The fourth-order valence-corrected chi connectivity index (χ4v) is 2.88. The van der Waals surface area contributed by atoms with Crippen molar-refractivity contribution in [3.05, 3.63) is 23.3 Å². The van der Waals surface area contributed by atoms with Crippen molar-refractivity contribution in [1.82, 2.24) is 0 Å². The van der Waals surface area contributed by atoms with Crippen LogP contribution in [-0.2, 0) is 4.18 Å². The van der Waals surface area contributed by atoms with E-state index in [2.05, 4.69) is 4.18 Å². The smallest absolute Gasteiger partial charge is 0.198 e. The number of benzene rings is 1. The third-order valence-electron chi connectivity index (χ3n) is 1.71. The van der Waals surface area contributed by atoms with Gasteiger partial charge in [-0.15, -0.1) is 11.4 Å². The molecule has 1 aromatic carbocycles. The van der Waals surface area contributed by atoms with Crippen molar-refractivity contribution >= 4 is 44.0 Å². The first kappa shape index (κ1) is 16.4. The van der Waals surface area contributed by atoms with Gasteiger partial charge in [-0.1, -0.05) is 8.44 Å². The maximum Gasteiger partial charge on any atom is 0.198 e. The molecule has 1 fully saturated rings. The molecule has 0 bridgehead atoms. The lowest BCUT2D eigenvalue weighted by atomic mass is 10.3. The van der Waals surface area contributed by atoms with Gasteiger partial charge >= 0.3 is 0 Å². The molecular formula is C8H6F5OPS3. The molecule has 18 heavy (non-hydrogen) atoms. The van der Waals surface area contributed by atoms with E-state index in [1.54, 1.807) is 0 Å². The van der Waals surface area contributed by atoms with E-state index in [-0.39, 0.29) is 0 Å². The molecular weight excluding hydrogens is 334 g/mol. The van der Waals surface area contributed by atoms with Gasteiger partial charge in [-0.05, 0) is 12.0 Å². The zero-order chi connectivity index (χ0) is 13.7. The second-order valence-corrected chi connectivity index (χ2v) is 5.55. The molecule has 0 aromatic heterocycles. The monoisotopic (exact) mass is 340 g/mol. The summed E-state index contributed by atoms with van der Waals surface area (Å²) in [5, 5.41) is 0. The molecule has 1 heterocycles. The Morgan fingerprint density at radius 2 is 1.39 bits per heavy atom. The lowest BCUT2D eigenvalue weighted by molar-refractivity contribution is 0.361. The first-order chi connectivity index (χ1) is 8.54. The van der Waals surface area contributed by atoms with Crippen molar-refractivity contribution in [2.45, 2.75) is 9.79 Å². The van der Waals surface area contributed by atoms with Crippen molar-refractivity contribution < 1.29 is 25.6 Å². The van der Waals surface area contributed by atoms with Crippen LogP contribution in [0.1, 0.15) is 0 Å². The summed E-state index contributed by atoms with van der Waals surface area (Å²) in [4.78, 5) is -1.50. The molecule has 2 rings (SSSR count). The van der Waals surface area contributed by atoms with Crippen LogP contribution in [0.3, 0.4) is 0 Å². The highest BCUT2D eigenvalue weighted by Gasteiger charge is 2.25. The molecule has 1 aliphatic rings. The lowest BCUT2D eigenvalue weighted by Gasteiger charge is -2.06. The molecule has 1 nitrogen and oxygen atoms in total. The summed E-state index contributed by atoms with van der Waals surface area (Å²) in [6.07, 6.45) is 0. The molecule has 1 unspecified atom stereocenters. The Balaban J connectivity index is 0.000000341. The Bertz CT molecular complexity index is 391. The van der Waals surface area contributed by atoms with E-state index < -0.39 is 45.2 Å². The van der Waals surface area contributed by atoms with Crippen molar-refractivity contribution in [2.75, 3.05) is 12.4 Å². The highest BCUT2D eigenvalue weighted by Crippen LogP contribution is 2.40. The van der Waals surface area contributed by atoms with Gasteiger partial charge in [0, 0.05) is 5.75 Å². The highest BCUT2D eigenvalue weighted by atomic mass is 32.7. The Kier molecular flexibility index (Phi) is 7.08. The summed E-state index contributed by atoms with van der Waals surface area (Å²) in [6.45, 7) is 0.963. The second kappa shape index (κ2) is 7.79. The minimum absolute atomic E-state index is 0.518. The van der Waals surface area contributed by atoms with Gasteiger partial charge in [0.05, 0.1) is 28.5 Å². The van der Waals surface area contributed by atoms with Gasteiger partial charge < -0.3 is 4.18 Å². The van der Waals surface area contributed by atoms with Crippen LogP contribution < -0.4 is 0 Å². The number of hydrogen-bond donors (Lipinski definition) is 0. The zero-order valence-electron chi connectivity index (χ0n) is 8.51. The largest absolute Gasteiger partial charge is 0.314 e. The van der Waals surface area contributed by atoms with E-state index >= 15 is 0 Å². The van der Waals surface area contributed by atoms with Crippen molar-refractivity contribution in [2.24, 2.45) is 0 Å². The fraction of sp³-hybridized carbons (Fsp3) is 0.250. The maximum absolute atomic E-state index is 12.9. The summed E-state index contributed by atoms with van der Waals surface area (Å²) in [5.41, 5.74) is 0. The van der Waals surface area contributed by atoms with E-state index in [9.17, 15) is 21.4 Å². The third kappa shape index (κ3) is 3.66. The predicted octanol–water partition coefficient (Wildman–Crippen LogP) is 4.77. The highest BCUT2D eigenvalue weighted by molar-refractivity contribution is 8.43. The molecule has 0 radical (unpaired) electrons. The molecule has 102 valence electrons. The van der Waals surface area contributed by atoms with Crippen molar-refractivity contribution in [3.8, 4) is 0 Å². The van der Waals surface area contributed by atoms with Crippen LogP contribution in [0.2, 0.25) is 0 Å². The summed E-state index contributed by atoms with van der Waals surface area (Å²) in [7, 11) is 1.89. The van der Waals surface area contributed by atoms with E-state index in [0.29, 0.717) is 11.4 Å². The first-order valence-corrected chi connectivity index (χ1v) is 8.22. The average Bonchev–Trinajstić information content (AvgIpc) is 2.28. The average molecular weight is 340 g/mol. The SMILES string of the molecule is C1CSO1.FSc1c(F)c(F)c(F)c(F)c1SP. The molecule has 1 aliphatic heterocycles. The quantitative estimate of drug-likeness (QED) is 0.252. The normalized spacial score (nSPS) is 13.7. The van der Waals surface area contributed by atoms with E-state index in [4.69, 9.17) is 0 Å². The molecule has 0 aliphatic carbocycles. The summed E-state index contributed by atoms with van der Waals surface area (Å²) in [5.74, 6) is -6.07. The van der Waals surface area contributed by atoms with Gasteiger partial charge in [0.2, 0.25) is 0 Å². The van der Waals surface area contributed by atoms with Gasteiger partial charge in [0.25, 0.3) is 0 Å². The number of halogens is 5. The molecule has 0 saturated carbocycles. The Hall–Kier alpha value is 0.310. The van der Waals surface area contributed by atoms with Crippen LogP contribution >= 0.6 is 44.0 Å². The molecule has 1 saturated heterocycles. The minimum Gasteiger partial charge on any atom is -0.314 e. The van der Waals surface area contributed by atoms with Gasteiger partial charge in [0.15, 0.2) is 23.3 Å². The topological polar surface area (TPSA) is 9.23 Å². The summed E-state index contributed by atoms with van der Waals surface area (Å²) < 4.78 is 67.7. The predicted molar refractivity (Wildman–Crippen MR) is 67.2 cm³/mol. The van der Waals surface area contributed by atoms with E-state index in [1.807, 2.05) is 8.44 Å². The molecule has 1 atom stereocenters. The summed E-state index contributed by atoms with van der Waals surface area (Å²) >= 11 is 1.38. The summed E-state index contributed by atoms with van der Waals surface area (Å²) in [6, 6.07) is 0. The first-order valence-electron chi connectivity index (χ1n) is 4.30. The van der Waals surface area contributed by atoms with Gasteiger partial charge in [-0.25, -0.2) is 17.6 Å². The zero-order valence-corrected chi connectivity index (χ0v) is 12.1. The van der Waals surface area contributed by atoms with Crippen LogP contribution in [0.5, 0.6) is 0 Å². The van der Waals surface area contributed by atoms with Crippen LogP contribution in [0, 0.1) is 23.3 Å². The maximum atomic E-state index is 12.9. The molecule has 0 N–H and O–H groups in total. The third-order valence-corrected chi connectivity index (χ3v) is 4.37. The Morgan fingerprint density at radius 3 is 1.67 bits per heavy atom. The standard InChI is InChI=1S/C6H2F5PS2.C2H4OS/c7-1-2(8)4(10)6(14-12)5(13-11)3(1)9;1-2-4-3-1/h12H2;1-2H2. The number of rotatable bonds is 2. The molecule has 0 spiro atoms. The van der Waals surface area contributed by atoms with Gasteiger partial charge in [-0.2, -0.15) is 3.89 Å². The molecule has 1 aromatic rings. The van der Waals surface area contributed by atoms with Crippen molar-refractivity contribution in [1.29, 1.82) is 0 Å². The molecule has 0 amide bonds. The number of hydrogen-bond acceptors (Lipinski definition) is 4. The van der Waals surface area contributed by atoms with Crippen LogP contribution in [0.15, 0.2) is 9.79 Å². The van der Waals surface area contributed by atoms with Crippen LogP contribution in [0.25, 0.3) is 0 Å². The molecule has 10 heteroatoms. The van der Waals surface area contributed by atoms with Crippen molar-refractivity contribution in [3.63, 3.8) is 0 Å². The Morgan fingerprint density at radius 1 is 1.00 bits per heavy atom. The van der Waals surface area contributed by atoms with Gasteiger partial charge in [-0.3, -0.25) is 0 Å². The van der Waals surface area contributed by atoms with E-state index in [1.165, 1.54) is 17.8 Å². The van der Waals surface area contributed by atoms with Crippen LogP contribution in [0.4, 0.5) is 21.4 Å². The lowest BCUT2D eigenvalue weighted by Crippen LogP contribution is -2.00. The van der Waals surface area contributed by atoms with Gasteiger partial charge in [0.1, 0.15) is 0 Å².